The van der Waals surface area contributed by atoms with Crippen LogP contribution < -0.4 is 4.90 Å². The van der Waals surface area contributed by atoms with Gasteiger partial charge in [-0.1, -0.05) is 30.7 Å². The van der Waals surface area contributed by atoms with E-state index >= 15 is 0 Å². The standard InChI is InChI=1S/C27H32N6O2S/c34-36(35,26-12-11-21-6-1-2-8-23(21)30-26)33-14-4-3-7-22(33)13-15-31-16-18-32(19-17-31)25-10-5-9-24-27(25)29-20-28-24/h1-2,5-6,8-12,20,22H,3-4,7,13-19H2,(H,28,29). The highest BCUT2D eigenvalue weighted by Gasteiger charge is 2.34. The molecule has 2 fully saturated rings. The first-order valence-corrected chi connectivity index (χ1v) is 14.3. The number of hydrogen-bond donors (Lipinski definition) is 1. The number of piperazine rings is 1. The number of sulfonamides is 1. The monoisotopic (exact) mass is 504 g/mol. The van der Waals surface area contributed by atoms with E-state index in [9.17, 15) is 8.42 Å². The summed E-state index contributed by atoms with van der Waals surface area (Å²) >= 11 is 0. The van der Waals surface area contributed by atoms with Gasteiger partial charge in [0.1, 0.15) is 5.52 Å². The van der Waals surface area contributed by atoms with E-state index in [0.717, 1.165) is 80.3 Å². The van der Waals surface area contributed by atoms with E-state index in [-0.39, 0.29) is 11.1 Å². The smallest absolute Gasteiger partial charge is 0.260 e. The van der Waals surface area contributed by atoms with Crippen molar-refractivity contribution in [1.82, 2.24) is 24.2 Å². The maximum absolute atomic E-state index is 13.6. The molecule has 0 spiro atoms. The summed E-state index contributed by atoms with van der Waals surface area (Å²) in [6.07, 6.45) is 5.49. The van der Waals surface area contributed by atoms with Gasteiger partial charge in [-0.25, -0.2) is 18.4 Å². The number of fused-ring (bicyclic) bond motifs is 2. The molecule has 4 heterocycles. The Balaban J connectivity index is 1.11. The summed E-state index contributed by atoms with van der Waals surface area (Å²) in [5.74, 6) is 0. The lowest BCUT2D eigenvalue weighted by molar-refractivity contribution is 0.193. The van der Waals surface area contributed by atoms with E-state index in [1.807, 2.05) is 30.3 Å². The van der Waals surface area contributed by atoms with E-state index in [4.69, 9.17) is 0 Å². The maximum atomic E-state index is 13.6. The molecule has 9 heteroatoms. The molecular weight excluding hydrogens is 472 g/mol. The van der Waals surface area contributed by atoms with Crippen LogP contribution in [-0.4, -0.2) is 77.9 Å². The summed E-state index contributed by atoms with van der Waals surface area (Å²) in [5.41, 5.74) is 3.99. The second kappa shape index (κ2) is 9.80. The molecule has 188 valence electrons. The predicted octanol–water partition coefficient (Wildman–Crippen LogP) is 3.87. The Morgan fingerprint density at radius 2 is 1.78 bits per heavy atom. The van der Waals surface area contributed by atoms with Crippen molar-refractivity contribution in [1.29, 1.82) is 0 Å². The normalized spacial score (nSPS) is 20.3. The summed E-state index contributed by atoms with van der Waals surface area (Å²) in [7, 11) is -3.63. The highest BCUT2D eigenvalue weighted by atomic mass is 32.2. The van der Waals surface area contributed by atoms with Crippen molar-refractivity contribution in [2.75, 3.05) is 44.2 Å². The Hall–Kier alpha value is -3.01. The molecule has 4 aromatic rings. The lowest BCUT2D eigenvalue weighted by Gasteiger charge is -2.39. The third-order valence-corrected chi connectivity index (χ3v) is 9.49. The van der Waals surface area contributed by atoms with Gasteiger partial charge in [-0.2, -0.15) is 4.31 Å². The lowest BCUT2D eigenvalue weighted by Crippen LogP contribution is -2.49. The zero-order valence-corrected chi connectivity index (χ0v) is 21.2. The van der Waals surface area contributed by atoms with Crippen molar-refractivity contribution in [3.05, 3.63) is 60.9 Å². The predicted molar refractivity (Wildman–Crippen MR) is 143 cm³/mol. The highest BCUT2D eigenvalue weighted by Crippen LogP contribution is 2.29. The minimum atomic E-state index is -3.63. The number of imidazole rings is 1. The number of hydrogen-bond acceptors (Lipinski definition) is 6. The average molecular weight is 505 g/mol. The first-order valence-electron chi connectivity index (χ1n) is 12.9. The average Bonchev–Trinajstić information content (AvgIpc) is 3.41. The number of nitrogens with zero attached hydrogens (tertiary/aromatic N) is 5. The molecule has 2 aromatic carbocycles. The molecule has 1 N–H and O–H groups in total. The SMILES string of the molecule is O=S(=O)(c1ccc2ccccc2n1)N1CCCCC1CCN1CCN(c2cccc3[nH]cnc23)CC1. The zero-order chi connectivity index (χ0) is 24.5. The van der Waals surface area contributed by atoms with Gasteiger partial charge in [-0.05, 0) is 56.1 Å². The van der Waals surface area contributed by atoms with Crippen LogP contribution in [-0.2, 0) is 10.0 Å². The molecular formula is C27H32N6O2S. The summed E-state index contributed by atoms with van der Waals surface area (Å²) in [5, 5.41) is 1.11. The minimum Gasteiger partial charge on any atom is -0.367 e. The summed E-state index contributed by atoms with van der Waals surface area (Å²) in [6.45, 7) is 5.30. The molecule has 0 amide bonds. The number of benzene rings is 2. The van der Waals surface area contributed by atoms with E-state index in [1.54, 1.807) is 16.7 Å². The molecule has 8 nitrogen and oxygen atoms in total. The fourth-order valence-corrected chi connectivity index (χ4v) is 7.31. The molecule has 0 aliphatic carbocycles. The zero-order valence-electron chi connectivity index (χ0n) is 20.4. The van der Waals surface area contributed by atoms with E-state index in [1.165, 1.54) is 5.69 Å². The molecule has 0 saturated carbocycles. The van der Waals surface area contributed by atoms with Crippen molar-refractivity contribution in [3.63, 3.8) is 0 Å². The van der Waals surface area contributed by atoms with Crippen LogP contribution in [0.3, 0.4) is 0 Å². The van der Waals surface area contributed by atoms with Gasteiger partial charge < -0.3 is 9.88 Å². The van der Waals surface area contributed by atoms with Gasteiger partial charge in [-0.15, -0.1) is 0 Å². The van der Waals surface area contributed by atoms with Crippen LogP contribution in [0.25, 0.3) is 21.9 Å². The van der Waals surface area contributed by atoms with Crippen LogP contribution in [0.4, 0.5) is 5.69 Å². The second-order valence-electron chi connectivity index (χ2n) is 9.80. The van der Waals surface area contributed by atoms with Crippen molar-refractivity contribution < 1.29 is 8.42 Å². The number of nitrogens with one attached hydrogen (secondary N) is 1. The molecule has 36 heavy (non-hydrogen) atoms. The fourth-order valence-electron chi connectivity index (χ4n) is 5.64. The molecule has 0 bridgehead atoms. The van der Waals surface area contributed by atoms with Crippen molar-refractivity contribution in [2.45, 2.75) is 36.8 Å². The fraction of sp³-hybridized carbons (Fsp3) is 0.407. The molecule has 1 atom stereocenters. The van der Waals surface area contributed by atoms with Gasteiger partial charge in [-0.3, -0.25) is 4.90 Å². The first kappa shape index (κ1) is 23.4. The van der Waals surface area contributed by atoms with Crippen LogP contribution in [0.15, 0.2) is 66.0 Å². The van der Waals surface area contributed by atoms with Crippen LogP contribution in [0.2, 0.25) is 0 Å². The third-order valence-electron chi connectivity index (χ3n) is 7.64. The molecule has 6 rings (SSSR count). The number of anilines is 1. The van der Waals surface area contributed by atoms with Gasteiger partial charge in [0, 0.05) is 44.2 Å². The van der Waals surface area contributed by atoms with Crippen molar-refractivity contribution in [2.24, 2.45) is 0 Å². The first-order chi connectivity index (χ1) is 17.6. The van der Waals surface area contributed by atoms with Gasteiger partial charge in [0.15, 0.2) is 5.03 Å². The Kier molecular flexibility index (Phi) is 6.37. The molecule has 2 aliphatic heterocycles. The molecule has 1 unspecified atom stereocenters. The van der Waals surface area contributed by atoms with E-state index in [0.29, 0.717) is 6.54 Å². The number of H-pyrrole nitrogens is 1. The minimum absolute atomic E-state index is 0.0212. The second-order valence-corrected chi connectivity index (χ2v) is 11.6. The van der Waals surface area contributed by atoms with Gasteiger partial charge in [0.05, 0.1) is 23.0 Å². The Bertz CT molecular complexity index is 1460. The molecule has 2 aliphatic rings. The number of rotatable bonds is 6. The number of aromatic nitrogens is 3. The van der Waals surface area contributed by atoms with Crippen LogP contribution >= 0.6 is 0 Å². The molecule has 0 radical (unpaired) electrons. The van der Waals surface area contributed by atoms with Crippen LogP contribution in [0, 0.1) is 0 Å². The quantitative estimate of drug-likeness (QED) is 0.429. The van der Waals surface area contributed by atoms with Gasteiger partial charge >= 0.3 is 0 Å². The van der Waals surface area contributed by atoms with Gasteiger partial charge in [0.2, 0.25) is 0 Å². The largest absolute Gasteiger partial charge is 0.367 e. The molecule has 2 aromatic heterocycles. The van der Waals surface area contributed by atoms with Crippen molar-refractivity contribution in [3.8, 4) is 0 Å². The van der Waals surface area contributed by atoms with Gasteiger partial charge in [0.25, 0.3) is 10.0 Å². The summed E-state index contributed by atoms with van der Waals surface area (Å²) < 4.78 is 28.9. The Morgan fingerprint density at radius 1 is 0.917 bits per heavy atom. The number of para-hydroxylation sites is 2. The third kappa shape index (κ3) is 4.47. The Labute approximate surface area is 212 Å². The summed E-state index contributed by atoms with van der Waals surface area (Å²) in [4.78, 5) is 17.1. The maximum Gasteiger partial charge on any atom is 0.260 e. The lowest BCUT2D eigenvalue weighted by atomic mass is 10.0. The summed E-state index contributed by atoms with van der Waals surface area (Å²) in [6, 6.07) is 17.5. The van der Waals surface area contributed by atoms with E-state index < -0.39 is 10.0 Å². The number of pyridine rings is 1. The topological polar surface area (TPSA) is 85.4 Å². The Morgan fingerprint density at radius 3 is 2.67 bits per heavy atom. The van der Waals surface area contributed by atoms with E-state index in [2.05, 4.69) is 43.0 Å². The number of piperidine rings is 1. The van der Waals surface area contributed by atoms with Crippen LogP contribution in [0.1, 0.15) is 25.7 Å². The number of aromatic amines is 1. The van der Waals surface area contributed by atoms with Crippen molar-refractivity contribution >= 4 is 37.6 Å². The molecule has 2 saturated heterocycles. The van der Waals surface area contributed by atoms with Crippen LogP contribution in [0.5, 0.6) is 0 Å². The highest BCUT2D eigenvalue weighted by molar-refractivity contribution is 7.89.